The highest BCUT2D eigenvalue weighted by Crippen LogP contribution is 2.28. The first-order chi connectivity index (χ1) is 9.66. The van der Waals surface area contributed by atoms with Gasteiger partial charge in [0.2, 0.25) is 0 Å². The van der Waals surface area contributed by atoms with Crippen LogP contribution in [0.3, 0.4) is 0 Å². The molecule has 1 aliphatic rings. The van der Waals surface area contributed by atoms with Crippen LogP contribution in [0.1, 0.15) is 17.3 Å². The topological polar surface area (TPSA) is 29.5 Å². The molecule has 0 radical (unpaired) electrons. The molecule has 0 saturated carbocycles. The highest BCUT2D eigenvalue weighted by atomic mass is 79.9. The van der Waals surface area contributed by atoms with Gasteiger partial charge in [0, 0.05) is 28.5 Å². The quantitative estimate of drug-likeness (QED) is 0.799. The van der Waals surface area contributed by atoms with Crippen molar-refractivity contribution >= 4 is 32.6 Å². The molecule has 0 bridgehead atoms. The second-order valence-electron chi connectivity index (χ2n) is 5.08. The Morgan fingerprint density at radius 3 is 2.80 bits per heavy atom. The molecule has 1 amide bonds. The summed E-state index contributed by atoms with van der Waals surface area (Å²) in [5.74, 6) is 0.0812. The lowest BCUT2D eigenvalue weighted by Gasteiger charge is -2.31. The predicted molar refractivity (Wildman–Crippen MR) is 83.0 cm³/mol. The number of carbonyl (C=O) groups is 1. The SMILES string of the molecule is CC1CN(C(=O)c2cccc3cccc(Br)c23)CCO1. The molecule has 1 unspecified atom stereocenters. The zero-order valence-corrected chi connectivity index (χ0v) is 12.9. The summed E-state index contributed by atoms with van der Waals surface area (Å²) >= 11 is 3.56. The Morgan fingerprint density at radius 2 is 2.05 bits per heavy atom. The molecular formula is C16H16BrNO2. The fourth-order valence-corrected chi connectivity index (χ4v) is 3.24. The van der Waals surface area contributed by atoms with Crippen molar-refractivity contribution < 1.29 is 9.53 Å². The molecule has 4 heteroatoms. The summed E-state index contributed by atoms with van der Waals surface area (Å²) in [6.07, 6.45) is 0.103. The minimum atomic E-state index is 0.0812. The molecule has 104 valence electrons. The van der Waals surface area contributed by atoms with E-state index in [4.69, 9.17) is 4.74 Å². The van der Waals surface area contributed by atoms with Crippen LogP contribution in [0.4, 0.5) is 0 Å². The van der Waals surface area contributed by atoms with Crippen molar-refractivity contribution in [1.82, 2.24) is 4.90 Å². The molecule has 0 spiro atoms. The van der Waals surface area contributed by atoms with Gasteiger partial charge in [-0.3, -0.25) is 4.79 Å². The van der Waals surface area contributed by atoms with E-state index in [9.17, 15) is 4.79 Å². The van der Waals surface area contributed by atoms with Crippen LogP contribution in [-0.4, -0.2) is 36.6 Å². The van der Waals surface area contributed by atoms with Crippen LogP contribution in [0.5, 0.6) is 0 Å². The molecule has 1 saturated heterocycles. The van der Waals surface area contributed by atoms with E-state index < -0.39 is 0 Å². The fourth-order valence-electron chi connectivity index (χ4n) is 2.65. The van der Waals surface area contributed by atoms with Crippen molar-refractivity contribution in [3.8, 4) is 0 Å². The number of benzene rings is 2. The monoisotopic (exact) mass is 333 g/mol. The van der Waals surface area contributed by atoms with Crippen molar-refractivity contribution in [2.24, 2.45) is 0 Å². The molecule has 3 nitrogen and oxygen atoms in total. The summed E-state index contributed by atoms with van der Waals surface area (Å²) in [6, 6.07) is 11.8. The van der Waals surface area contributed by atoms with E-state index in [1.165, 1.54) is 0 Å². The zero-order valence-electron chi connectivity index (χ0n) is 11.3. The first-order valence-electron chi connectivity index (χ1n) is 6.75. The number of carbonyl (C=O) groups excluding carboxylic acids is 1. The van der Waals surface area contributed by atoms with Crippen LogP contribution in [0, 0.1) is 0 Å². The van der Waals surface area contributed by atoms with E-state index in [1.54, 1.807) is 0 Å². The molecule has 1 atom stereocenters. The van der Waals surface area contributed by atoms with E-state index in [0.29, 0.717) is 19.7 Å². The van der Waals surface area contributed by atoms with Crippen LogP contribution < -0.4 is 0 Å². The van der Waals surface area contributed by atoms with E-state index in [2.05, 4.69) is 15.9 Å². The number of rotatable bonds is 1. The number of fused-ring (bicyclic) bond motifs is 1. The third kappa shape index (κ3) is 2.45. The Bertz CT molecular complexity index is 651. The van der Waals surface area contributed by atoms with E-state index in [-0.39, 0.29) is 12.0 Å². The summed E-state index contributed by atoms with van der Waals surface area (Å²) in [6.45, 7) is 3.92. The molecule has 0 N–H and O–H groups in total. The van der Waals surface area contributed by atoms with E-state index in [1.807, 2.05) is 48.2 Å². The van der Waals surface area contributed by atoms with Gasteiger partial charge in [-0.05, 0) is 24.4 Å². The largest absolute Gasteiger partial charge is 0.375 e. The molecule has 0 aliphatic carbocycles. The van der Waals surface area contributed by atoms with Crippen LogP contribution in [0.25, 0.3) is 10.8 Å². The van der Waals surface area contributed by atoms with E-state index in [0.717, 1.165) is 20.8 Å². The molecule has 2 aromatic carbocycles. The van der Waals surface area contributed by atoms with Gasteiger partial charge in [0.25, 0.3) is 5.91 Å². The maximum atomic E-state index is 12.8. The molecule has 2 aromatic rings. The lowest BCUT2D eigenvalue weighted by molar-refractivity contribution is -0.0123. The van der Waals surface area contributed by atoms with Gasteiger partial charge in [0.05, 0.1) is 12.7 Å². The second kappa shape index (κ2) is 5.54. The number of morpholine rings is 1. The summed E-state index contributed by atoms with van der Waals surface area (Å²) in [5.41, 5.74) is 0.754. The van der Waals surface area contributed by atoms with E-state index >= 15 is 0 Å². The van der Waals surface area contributed by atoms with Crippen LogP contribution in [0.2, 0.25) is 0 Å². The summed E-state index contributed by atoms with van der Waals surface area (Å²) in [7, 11) is 0. The van der Waals surface area contributed by atoms with Crippen molar-refractivity contribution in [3.63, 3.8) is 0 Å². The van der Waals surface area contributed by atoms with Gasteiger partial charge in [-0.1, -0.05) is 40.2 Å². The molecule has 1 heterocycles. The lowest BCUT2D eigenvalue weighted by Crippen LogP contribution is -2.44. The van der Waals surface area contributed by atoms with Crippen molar-refractivity contribution in [1.29, 1.82) is 0 Å². The third-order valence-corrected chi connectivity index (χ3v) is 4.27. The maximum absolute atomic E-state index is 12.8. The zero-order chi connectivity index (χ0) is 14.1. The Kier molecular flexibility index (Phi) is 3.76. The lowest BCUT2D eigenvalue weighted by atomic mass is 10.0. The number of amides is 1. The van der Waals surface area contributed by atoms with Gasteiger partial charge < -0.3 is 9.64 Å². The molecule has 1 aliphatic heterocycles. The number of ether oxygens (including phenoxy) is 1. The first kappa shape index (κ1) is 13.6. The number of halogens is 1. The van der Waals surface area contributed by atoms with Gasteiger partial charge in [-0.2, -0.15) is 0 Å². The van der Waals surface area contributed by atoms with Crippen LogP contribution in [-0.2, 0) is 4.74 Å². The van der Waals surface area contributed by atoms with Crippen molar-refractivity contribution in [2.75, 3.05) is 19.7 Å². The van der Waals surface area contributed by atoms with Gasteiger partial charge in [0.1, 0.15) is 0 Å². The summed E-state index contributed by atoms with van der Waals surface area (Å²) in [4.78, 5) is 14.6. The smallest absolute Gasteiger partial charge is 0.254 e. The van der Waals surface area contributed by atoms with Crippen molar-refractivity contribution in [3.05, 3.63) is 46.4 Å². The standard InChI is InChI=1S/C16H16BrNO2/c1-11-10-18(8-9-20-11)16(19)13-6-2-4-12-5-3-7-14(17)15(12)13/h2-7,11H,8-10H2,1H3. The molecule has 3 rings (SSSR count). The third-order valence-electron chi connectivity index (χ3n) is 3.61. The minimum absolute atomic E-state index is 0.0812. The number of hydrogen-bond acceptors (Lipinski definition) is 2. The first-order valence-corrected chi connectivity index (χ1v) is 7.54. The van der Waals surface area contributed by atoms with Gasteiger partial charge >= 0.3 is 0 Å². The highest BCUT2D eigenvalue weighted by Gasteiger charge is 2.24. The Labute approximate surface area is 126 Å². The van der Waals surface area contributed by atoms with Crippen LogP contribution in [0.15, 0.2) is 40.9 Å². The van der Waals surface area contributed by atoms with Crippen LogP contribution >= 0.6 is 15.9 Å². The summed E-state index contributed by atoms with van der Waals surface area (Å²) in [5, 5.41) is 2.06. The fraction of sp³-hybridized carbons (Fsp3) is 0.312. The van der Waals surface area contributed by atoms with Gasteiger partial charge in [-0.25, -0.2) is 0 Å². The Hall–Kier alpha value is -1.39. The Balaban J connectivity index is 2.03. The predicted octanol–water partition coefficient (Wildman–Crippen LogP) is 3.46. The molecule has 0 aromatic heterocycles. The number of hydrogen-bond donors (Lipinski definition) is 0. The average Bonchev–Trinajstić information content (AvgIpc) is 2.46. The molecular weight excluding hydrogens is 318 g/mol. The highest BCUT2D eigenvalue weighted by molar-refractivity contribution is 9.10. The van der Waals surface area contributed by atoms with Crippen molar-refractivity contribution in [2.45, 2.75) is 13.0 Å². The average molecular weight is 334 g/mol. The summed E-state index contributed by atoms with van der Waals surface area (Å²) < 4.78 is 6.46. The molecule has 20 heavy (non-hydrogen) atoms. The van der Waals surface area contributed by atoms with Gasteiger partial charge in [-0.15, -0.1) is 0 Å². The minimum Gasteiger partial charge on any atom is -0.375 e. The Morgan fingerprint density at radius 1 is 1.30 bits per heavy atom. The normalized spacial score (nSPS) is 19.3. The second-order valence-corrected chi connectivity index (χ2v) is 5.93. The number of nitrogens with zero attached hydrogens (tertiary/aromatic N) is 1. The van der Waals surface area contributed by atoms with Gasteiger partial charge in [0.15, 0.2) is 0 Å². The molecule has 1 fully saturated rings. The maximum Gasteiger partial charge on any atom is 0.254 e.